The zero-order valence-corrected chi connectivity index (χ0v) is 13.9. The van der Waals surface area contributed by atoms with Crippen molar-refractivity contribution in [2.45, 2.75) is 31.7 Å². The summed E-state index contributed by atoms with van der Waals surface area (Å²) in [7, 11) is 0. The third-order valence-corrected chi connectivity index (χ3v) is 4.77. The first kappa shape index (κ1) is 15.8. The highest BCUT2D eigenvalue weighted by atomic mass is 16.2. The van der Waals surface area contributed by atoms with E-state index < -0.39 is 0 Å². The SMILES string of the molecule is O=C(NC1CC1)[C@H]1CCCN(C(=O)c2cc(-c3cccnc3)n[nH]2)C1. The average Bonchev–Trinajstić information content (AvgIpc) is 3.34. The third-order valence-electron chi connectivity index (χ3n) is 4.77. The highest BCUT2D eigenvalue weighted by Gasteiger charge is 2.32. The molecule has 25 heavy (non-hydrogen) atoms. The van der Waals surface area contributed by atoms with E-state index >= 15 is 0 Å². The van der Waals surface area contributed by atoms with Crippen molar-refractivity contribution in [3.8, 4) is 11.3 Å². The van der Waals surface area contributed by atoms with E-state index in [0.717, 1.165) is 31.2 Å². The van der Waals surface area contributed by atoms with Crippen LogP contribution >= 0.6 is 0 Å². The van der Waals surface area contributed by atoms with Crippen LogP contribution in [0.5, 0.6) is 0 Å². The number of nitrogens with zero attached hydrogens (tertiary/aromatic N) is 3. The molecule has 2 aromatic heterocycles. The van der Waals surface area contributed by atoms with Gasteiger partial charge in [-0.1, -0.05) is 0 Å². The fourth-order valence-electron chi connectivity index (χ4n) is 3.19. The van der Waals surface area contributed by atoms with Crippen LogP contribution in [-0.4, -0.2) is 51.0 Å². The number of likely N-dealkylation sites (tertiary alicyclic amines) is 1. The second-order valence-corrected chi connectivity index (χ2v) is 6.78. The van der Waals surface area contributed by atoms with Gasteiger partial charge in [0.25, 0.3) is 5.91 Å². The Hall–Kier alpha value is -2.70. The van der Waals surface area contributed by atoms with Gasteiger partial charge >= 0.3 is 0 Å². The van der Waals surface area contributed by atoms with E-state index in [1.807, 2.05) is 12.1 Å². The van der Waals surface area contributed by atoms with E-state index in [1.54, 1.807) is 23.4 Å². The Labute approximate surface area is 145 Å². The number of nitrogens with one attached hydrogen (secondary N) is 2. The van der Waals surface area contributed by atoms with Crippen molar-refractivity contribution in [1.29, 1.82) is 0 Å². The Kier molecular flexibility index (Phi) is 4.21. The summed E-state index contributed by atoms with van der Waals surface area (Å²) in [5.74, 6) is -0.133. The van der Waals surface area contributed by atoms with Gasteiger partial charge in [-0.05, 0) is 43.9 Å². The molecule has 2 fully saturated rings. The number of H-pyrrole nitrogens is 1. The molecule has 2 aliphatic rings. The van der Waals surface area contributed by atoms with Crippen LogP contribution < -0.4 is 5.32 Å². The molecule has 2 N–H and O–H groups in total. The van der Waals surface area contributed by atoms with Crippen LogP contribution in [0.4, 0.5) is 0 Å². The number of aromatic nitrogens is 3. The molecule has 2 amide bonds. The summed E-state index contributed by atoms with van der Waals surface area (Å²) in [5, 5.41) is 10.1. The molecule has 0 bridgehead atoms. The monoisotopic (exact) mass is 339 g/mol. The second kappa shape index (κ2) is 6.66. The first-order valence-electron chi connectivity index (χ1n) is 8.76. The molecule has 7 heteroatoms. The minimum absolute atomic E-state index is 0.0839. The van der Waals surface area contributed by atoms with Gasteiger partial charge in [0.2, 0.25) is 5.91 Å². The van der Waals surface area contributed by atoms with Gasteiger partial charge in [-0.2, -0.15) is 5.10 Å². The van der Waals surface area contributed by atoms with Gasteiger partial charge in [0.15, 0.2) is 0 Å². The largest absolute Gasteiger partial charge is 0.353 e. The van der Waals surface area contributed by atoms with Crippen molar-refractivity contribution in [2.24, 2.45) is 5.92 Å². The predicted molar refractivity (Wildman–Crippen MR) is 91.6 cm³/mol. The molecule has 1 saturated heterocycles. The molecule has 2 aromatic rings. The third kappa shape index (κ3) is 3.55. The van der Waals surface area contributed by atoms with Gasteiger partial charge in [0, 0.05) is 37.1 Å². The summed E-state index contributed by atoms with van der Waals surface area (Å²) in [6, 6.07) is 5.83. The summed E-state index contributed by atoms with van der Waals surface area (Å²) in [5.41, 5.74) is 2.00. The maximum atomic E-state index is 12.8. The molecule has 7 nitrogen and oxygen atoms in total. The van der Waals surface area contributed by atoms with Crippen LogP contribution in [0.2, 0.25) is 0 Å². The molecule has 0 spiro atoms. The zero-order chi connectivity index (χ0) is 17.2. The molecule has 1 saturated carbocycles. The lowest BCUT2D eigenvalue weighted by molar-refractivity contribution is -0.126. The average molecular weight is 339 g/mol. The van der Waals surface area contributed by atoms with Crippen LogP contribution in [0, 0.1) is 5.92 Å². The first-order chi connectivity index (χ1) is 12.2. The van der Waals surface area contributed by atoms with Crippen molar-refractivity contribution >= 4 is 11.8 Å². The van der Waals surface area contributed by atoms with Gasteiger partial charge in [-0.15, -0.1) is 0 Å². The predicted octanol–water partition coefficient (Wildman–Crippen LogP) is 1.60. The number of piperidine rings is 1. The number of carbonyl (C=O) groups is 2. The molecule has 3 heterocycles. The Bertz CT molecular complexity index is 769. The van der Waals surface area contributed by atoms with Gasteiger partial charge in [-0.3, -0.25) is 19.7 Å². The van der Waals surface area contributed by atoms with Crippen molar-refractivity contribution in [3.05, 3.63) is 36.3 Å². The van der Waals surface area contributed by atoms with E-state index in [-0.39, 0.29) is 17.7 Å². The molecule has 130 valence electrons. The second-order valence-electron chi connectivity index (χ2n) is 6.78. The molecule has 1 aliphatic carbocycles. The summed E-state index contributed by atoms with van der Waals surface area (Å²) in [4.78, 5) is 30.8. The molecule has 0 unspecified atom stereocenters. The molecule has 4 rings (SSSR count). The summed E-state index contributed by atoms with van der Waals surface area (Å²) in [6.07, 6.45) is 7.25. The van der Waals surface area contributed by atoms with E-state index in [1.165, 1.54) is 0 Å². The lowest BCUT2D eigenvalue weighted by Gasteiger charge is -2.31. The number of hydrogen-bond acceptors (Lipinski definition) is 4. The molecule has 1 aliphatic heterocycles. The van der Waals surface area contributed by atoms with Crippen molar-refractivity contribution < 1.29 is 9.59 Å². The van der Waals surface area contributed by atoms with Crippen LogP contribution in [-0.2, 0) is 4.79 Å². The Balaban J connectivity index is 1.43. The van der Waals surface area contributed by atoms with E-state index in [4.69, 9.17) is 0 Å². The van der Waals surface area contributed by atoms with Gasteiger partial charge < -0.3 is 10.2 Å². The number of amides is 2. The number of hydrogen-bond donors (Lipinski definition) is 2. The molecule has 1 atom stereocenters. The van der Waals surface area contributed by atoms with Crippen LogP contribution in [0.3, 0.4) is 0 Å². The maximum Gasteiger partial charge on any atom is 0.271 e. The first-order valence-corrected chi connectivity index (χ1v) is 8.76. The minimum Gasteiger partial charge on any atom is -0.353 e. The van der Waals surface area contributed by atoms with Gasteiger partial charge in [0.1, 0.15) is 5.69 Å². The number of rotatable bonds is 4. The Morgan fingerprint density at radius 3 is 2.92 bits per heavy atom. The summed E-state index contributed by atoms with van der Waals surface area (Å²) in [6.45, 7) is 1.14. The topological polar surface area (TPSA) is 91.0 Å². The Morgan fingerprint density at radius 1 is 1.28 bits per heavy atom. The van der Waals surface area contributed by atoms with Gasteiger partial charge in [-0.25, -0.2) is 0 Å². The van der Waals surface area contributed by atoms with Crippen LogP contribution in [0.25, 0.3) is 11.3 Å². The normalized spacial score (nSPS) is 20.3. The number of aromatic amines is 1. The smallest absolute Gasteiger partial charge is 0.271 e. The lowest BCUT2D eigenvalue weighted by Crippen LogP contribution is -2.46. The maximum absolute atomic E-state index is 12.8. The molecular formula is C18H21N5O2. The minimum atomic E-state index is -0.112. The Morgan fingerprint density at radius 2 is 2.16 bits per heavy atom. The lowest BCUT2D eigenvalue weighted by atomic mass is 9.97. The van der Waals surface area contributed by atoms with Crippen LogP contribution in [0.15, 0.2) is 30.6 Å². The summed E-state index contributed by atoms with van der Waals surface area (Å²) >= 11 is 0. The molecular weight excluding hydrogens is 318 g/mol. The van der Waals surface area contributed by atoms with E-state index in [2.05, 4.69) is 20.5 Å². The van der Waals surface area contributed by atoms with E-state index in [9.17, 15) is 9.59 Å². The van der Waals surface area contributed by atoms with Crippen molar-refractivity contribution in [1.82, 2.24) is 25.4 Å². The highest BCUT2D eigenvalue weighted by Crippen LogP contribution is 2.23. The van der Waals surface area contributed by atoms with Gasteiger partial charge in [0.05, 0.1) is 11.6 Å². The molecule has 0 aromatic carbocycles. The quantitative estimate of drug-likeness (QED) is 0.885. The van der Waals surface area contributed by atoms with E-state index in [0.29, 0.717) is 30.5 Å². The summed E-state index contributed by atoms with van der Waals surface area (Å²) < 4.78 is 0. The zero-order valence-electron chi connectivity index (χ0n) is 13.9. The number of carbonyl (C=O) groups excluding carboxylic acids is 2. The highest BCUT2D eigenvalue weighted by molar-refractivity contribution is 5.94. The standard InChI is InChI=1S/C18H21N5O2/c24-17(20-14-5-6-14)13-4-2-8-23(11-13)18(25)16-9-15(21-22-16)12-3-1-7-19-10-12/h1,3,7,9-10,13-14H,2,4-6,8,11H2,(H,20,24)(H,21,22)/t13-/m0/s1. The van der Waals surface area contributed by atoms with Crippen molar-refractivity contribution in [3.63, 3.8) is 0 Å². The molecule has 0 radical (unpaired) electrons. The fraction of sp³-hybridized carbons (Fsp3) is 0.444. The van der Waals surface area contributed by atoms with Crippen LogP contribution in [0.1, 0.15) is 36.2 Å². The van der Waals surface area contributed by atoms with Crippen molar-refractivity contribution in [2.75, 3.05) is 13.1 Å². The number of pyridine rings is 1. The fourth-order valence-corrected chi connectivity index (χ4v) is 3.19.